The molecule has 162 valence electrons. The molecule has 0 spiro atoms. The van der Waals surface area contributed by atoms with Gasteiger partial charge in [-0.2, -0.15) is 0 Å². The van der Waals surface area contributed by atoms with Crippen molar-refractivity contribution in [1.82, 2.24) is 24.6 Å². The largest absolute Gasteiger partial charge is 0.461 e. The van der Waals surface area contributed by atoms with Gasteiger partial charge in [-0.25, -0.2) is 9.97 Å². The van der Waals surface area contributed by atoms with Gasteiger partial charge in [0.2, 0.25) is 5.89 Å². The number of para-hydroxylation sites is 1. The highest BCUT2D eigenvalue weighted by Crippen LogP contribution is 2.32. The van der Waals surface area contributed by atoms with Crippen molar-refractivity contribution in [3.05, 3.63) is 83.9 Å². The lowest BCUT2D eigenvalue weighted by molar-refractivity contribution is 0.540. The zero-order valence-electron chi connectivity index (χ0n) is 18.0. The van der Waals surface area contributed by atoms with E-state index in [-0.39, 0.29) is 0 Å². The lowest BCUT2D eigenvalue weighted by Crippen LogP contribution is -1.99. The second-order valence-corrected chi connectivity index (χ2v) is 8.69. The summed E-state index contributed by atoms with van der Waals surface area (Å²) in [6.07, 6.45) is 1.64. The molecule has 6 aromatic rings. The number of oxazole rings is 1. The molecule has 0 aliphatic heterocycles. The Morgan fingerprint density at radius 1 is 0.939 bits per heavy atom. The molecule has 0 N–H and O–H groups in total. The van der Waals surface area contributed by atoms with Gasteiger partial charge < -0.3 is 8.83 Å². The van der Waals surface area contributed by atoms with Crippen molar-refractivity contribution in [2.24, 2.45) is 0 Å². The van der Waals surface area contributed by atoms with Crippen molar-refractivity contribution in [3.8, 4) is 23.0 Å². The first-order valence-corrected chi connectivity index (χ1v) is 11.5. The van der Waals surface area contributed by atoms with Gasteiger partial charge in [-0.15, -0.1) is 10.2 Å². The summed E-state index contributed by atoms with van der Waals surface area (Å²) < 4.78 is 13.6. The van der Waals surface area contributed by atoms with Gasteiger partial charge in [0.15, 0.2) is 22.4 Å². The number of aromatic nitrogens is 5. The van der Waals surface area contributed by atoms with Crippen LogP contribution in [0, 0.1) is 13.8 Å². The highest BCUT2D eigenvalue weighted by Gasteiger charge is 2.19. The summed E-state index contributed by atoms with van der Waals surface area (Å²) in [6, 6.07) is 19.8. The van der Waals surface area contributed by atoms with Gasteiger partial charge in [0.1, 0.15) is 5.76 Å². The molecular formula is C25H19N5O2S. The van der Waals surface area contributed by atoms with Gasteiger partial charge >= 0.3 is 0 Å². The molecule has 2 aromatic carbocycles. The molecule has 0 fully saturated rings. The Morgan fingerprint density at radius 2 is 1.85 bits per heavy atom. The van der Waals surface area contributed by atoms with E-state index in [9.17, 15) is 0 Å². The molecule has 0 bridgehead atoms. The van der Waals surface area contributed by atoms with E-state index in [0.29, 0.717) is 28.4 Å². The second-order valence-electron chi connectivity index (χ2n) is 7.75. The van der Waals surface area contributed by atoms with Crippen molar-refractivity contribution < 1.29 is 8.83 Å². The molecule has 4 heterocycles. The van der Waals surface area contributed by atoms with E-state index in [1.165, 1.54) is 5.56 Å². The third-order valence-corrected chi connectivity index (χ3v) is 6.39. The summed E-state index contributed by atoms with van der Waals surface area (Å²) in [5, 5.41) is 10.6. The van der Waals surface area contributed by atoms with Crippen LogP contribution in [0.5, 0.6) is 0 Å². The van der Waals surface area contributed by atoms with E-state index in [2.05, 4.69) is 29.3 Å². The summed E-state index contributed by atoms with van der Waals surface area (Å²) in [6.45, 7) is 3.99. The number of thioether (sulfide) groups is 1. The molecule has 0 unspecified atom stereocenters. The maximum absolute atomic E-state index is 5.96. The SMILES string of the molecule is Cc1cccc(-c2nc(CSc3nnc4c5ccccc5nc(-c5ccco5)n34)c(C)o2)c1. The monoisotopic (exact) mass is 453 g/mol. The van der Waals surface area contributed by atoms with E-state index < -0.39 is 0 Å². The normalized spacial score (nSPS) is 11.6. The molecule has 0 aliphatic carbocycles. The van der Waals surface area contributed by atoms with Crippen LogP contribution in [-0.4, -0.2) is 24.6 Å². The van der Waals surface area contributed by atoms with E-state index in [1.54, 1.807) is 18.0 Å². The summed E-state index contributed by atoms with van der Waals surface area (Å²) in [7, 11) is 0. The second kappa shape index (κ2) is 7.90. The number of rotatable bonds is 5. The van der Waals surface area contributed by atoms with E-state index in [4.69, 9.17) is 18.8 Å². The Labute approximate surface area is 193 Å². The number of benzene rings is 2. The van der Waals surface area contributed by atoms with Crippen molar-refractivity contribution >= 4 is 28.3 Å². The number of nitrogens with zero attached hydrogens (tertiary/aromatic N) is 5. The minimum Gasteiger partial charge on any atom is -0.461 e. The molecule has 0 saturated carbocycles. The highest BCUT2D eigenvalue weighted by molar-refractivity contribution is 7.98. The van der Waals surface area contributed by atoms with E-state index in [0.717, 1.165) is 33.6 Å². The molecular weight excluding hydrogens is 434 g/mol. The molecule has 4 aromatic heterocycles. The highest BCUT2D eigenvalue weighted by atomic mass is 32.2. The van der Waals surface area contributed by atoms with Crippen LogP contribution in [0.1, 0.15) is 17.0 Å². The number of fused-ring (bicyclic) bond motifs is 3. The minimum atomic E-state index is 0.590. The van der Waals surface area contributed by atoms with E-state index in [1.807, 2.05) is 59.9 Å². The smallest absolute Gasteiger partial charge is 0.226 e. The van der Waals surface area contributed by atoms with Crippen LogP contribution in [0.25, 0.3) is 39.6 Å². The molecule has 7 nitrogen and oxygen atoms in total. The topological polar surface area (TPSA) is 82.2 Å². The van der Waals surface area contributed by atoms with Crippen LogP contribution in [0.3, 0.4) is 0 Å². The molecule has 33 heavy (non-hydrogen) atoms. The van der Waals surface area contributed by atoms with Crippen molar-refractivity contribution in [2.45, 2.75) is 24.8 Å². The Bertz CT molecular complexity index is 1600. The number of furan rings is 1. The van der Waals surface area contributed by atoms with Gasteiger partial charge in [0.05, 0.1) is 17.5 Å². The Morgan fingerprint density at radius 3 is 2.70 bits per heavy atom. The van der Waals surface area contributed by atoms with Crippen molar-refractivity contribution in [1.29, 1.82) is 0 Å². The molecule has 0 radical (unpaired) electrons. The molecule has 8 heteroatoms. The minimum absolute atomic E-state index is 0.590. The molecule has 0 saturated heterocycles. The zero-order valence-corrected chi connectivity index (χ0v) is 18.8. The first-order valence-electron chi connectivity index (χ1n) is 10.5. The van der Waals surface area contributed by atoms with Crippen LogP contribution in [0.2, 0.25) is 0 Å². The van der Waals surface area contributed by atoms with Gasteiger partial charge in [0.25, 0.3) is 0 Å². The maximum atomic E-state index is 5.96. The standard InChI is InChI=1S/C25H19N5O2S/c1-15-7-5-8-17(13-15)24-27-20(16(2)32-24)14-33-25-29-28-22-18-9-3-4-10-19(18)26-23(30(22)25)21-11-6-12-31-21/h3-13H,14H2,1-2H3. The predicted octanol–water partition coefficient (Wildman–Crippen LogP) is 6.10. The van der Waals surface area contributed by atoms with Gasteiger partial charge in [-0.1, -0.05) is 41.6 Å². The first kappa shape index (κ1) is 19.8. The van der Waals surface area contributed by atoms with Crippen LogP contribution in [-0.2, 0) is 5.75 Å². The summed E-state index contributed by atoms with van der Waals surface area (Å²) in [5.41, 5.74) is 4.60. The third kappa shape index (κ3) is 3.48. The lowest BCUT2D eigenvalue weighted by Gasteiger charge is -2.07. The fourth-order valence-corrected chi connectivity index (χ4v) is 4.75. The predicted molar refractivity (Wildman–Crippen MR) is 127 cm³/mol. The number of aryl methyl sites for hydroxylation is 2. The Hall–Kier alpha value is -3.91. The van der Waals surface area contributed by atoms with E-state index >= 15 is 0 Å². The lowest BCUT2D eigenvalue weighted by atomic mass is 10.1. The van der Waals surface area contributed by atoms with Crippen molar-refractivity contribution in [2.75, 3.05) is 0 Å². The summed E-state index contributed by atoms with van der Waals surface area (Å²) in [4.78, 5) is 9.59. The fourth-order valence-electron chi connectivity index (χ4n) is 3.82. The van der Waals surface area contributed by atoms with Gasteiger partial charge in [-0.05, 0) is 50.2 Å². The van der Waals surface area contributed by atoms with Crippen LogP contribution in [0.15, 0.2) is 80.9 Å². The van der Waals surface area contributed by atoms with Crippen LogP contribution < -0.4 is 0 Å². The quantitative estimate of drug-likeness (QED) is 0.292. The maximum Gasteiger partial charge on any atom is 0.226 e. The van der Waals surface area contributed by atoms with Crippen LogP contribution in [0.4, 0.5) is 0 Å². The molecule has 0 atom stereocenters. The van der Waals surface area contributed by atoms with Gasteiger partial charge in [0, 0.05) is 16.7 Å². The third-order valence-electron chi connectivity index (χ3n) is 5.45. The van der Waals surface area contributed by atoms with Gasteiger partial charge in [-0.3, -0.25) is 4.40 Å². The summed E-state index contributed by atoms with van der Waals surface area (Å²) >= 11 is 1.54. The Balaban J connectivity index is 1.39. The first-order chi connectivity index (χ1) is 16.2. The fraction of sp³-hybridized carbons (Fsp3) is 0.120. The summed E-state index contributed by atoms with van der Waals surface area (Å²) in [5.74, 6) is 3.33. The molecule has 0 aliphatic rings. The van der Waals surface area contributed by atoms with Crippen molar-refractivity contribution in [3.63, 3.8) is 0 Å². The average molecular weight is 454 g/mol. The zero-order chi connectivity index (χ0) is 22.4. The molecule has 0 amide bonds. The average Bonchev–Trinajstić information content (AvgIpc) is 3.58. The number of hydrogen-bond acceptors (Lipinski definition) is 7. The number of hydrogen-bond donors (Lipinski definition) is 0. The Kier molecular flexibility index (Phi) is 4.73. The van der Waals surface area contributed by atoms with Crippen LogP contribution >= 0.6 is 11.8 Å². The molecule has 6 rings (SSSR count).